The Morgan fingerprint density at radius 3 is 2.39 bits per heavy atom. The van der Waals surface area contributed by atoms with Crippen molar-refractivity contribution in [3.05, 3.63) is 47.9 Å². The van der Waals surface area contributed by atoms with Gasteiger partial charge in [0.05, 0.1) is 11.1 Å². The molecule has 0 saturated heterocycles. The SMILES string of the molecule is Fc1cc2c(C(F)(F)F)cc3ccccc3c2[nH]1. The summed E-state index contributed by atoms with van der Waals surface area (Å²) in [5.41, 5.74) is -0.644. The summed E-state index contributed by atoms with van der Waals surface area (Å²) in [4.78, 5) is 2.35. The van der Waals surface area contributed by atoms with Crippen LogP contribution in [0, 0.1) is 5.95 Å². The van der Waals surface area contributed by atoms with Crippen LogP contribution in [0.15, 0.2) is 36.4 Å². The minimum atomic E-state index is -4.50. The van der Waals surface area contributed by atoms with Crippen molar-refractivity contribution in [2.75, 3.05) is 0 Å². The molecule has 0 amide bonds. The molecule has 1 heterocycles. The third-order valence-corrected chi connectivity index (χ3v) is 2.91. The molecule has 1 aromatic heterocycles. The van der Waals surface area contributed by atoms with Gasteiger partial charge in [0.2, 0.25) is 0 Å². The number of rotatable bonds is 0. The molecule has 0 spiro atoms. The fraction of sp³-hybridized carbons (Fsp3) is 0.0769. The average Bonchev–Trinajstić information content (AvgIpc) is 2.68. The van der Waals surface area contributed by atoms with Crippen LogP contribution in [0.2, 0.25) is 0 Å². The van der Waals surface area contributed by atoms with Gasteiger partial charge in [0.15, 0.2) is 5.95 Å². The Balaban J connectivity index is 2.54. The van der Waals surface area contributed by atoms with Crippen molar-refractivity contribution in [2.45, 2.75) is 6.18 Å². The minimum absolute atomic E-state index is 0.140. The van der Waals surface area contributed by atoms with E-state index in [-0.39, 0.29) is 10.9 Å². The van der Waals surface area contributed by atoms with Crippen LogP contribution >= 0.6 is 0 Å². The first-order valence-electron chi connectivity index (χ1n) is 5.24. The fourth-order valence-corrected chi connectivity index (χ4v) is 2.16. The van der Waals surface area contributed by atoms with Gasteiger partial charge in [-0.25, -0.2) is 0 Å². The number of benzene rings is 2. The van der Waals surface area contributed by atoms with Crippen molar-refractivity contribution in [3.8, 4) is 0 Å². The number of nitrogens with one attached hydrogen (secondary N) is 1. The summed E-state index contributed by atoms with van der Waals surface area (Å²) in [6.45, 7) is 0. The lowest BCUT2D eigenvalue weighted by atomic mass is 10.0. The summed E-state index contributed by atoms with van der Waals surface area (Å²) >= 11 is 0. The van der Waals surface area contributed by atoms with E-state index in [1.54, 1.807) is 24.3 Å². The predicted molar refractivity (Wildman–Crippen MR) is 60.8 cm³/mol. The lowest BCUT2D eigenvalue weighted by molar-refractivity contribution is -0.136. The van der Waals surface area contributed by atoms with Gasteiger partial charge < -0.3 is 4.98 Å². The molecule has 92 valence electrons. The van der Waals surface area contributed by atoms with Crippen LogP contribution in [0.5, 0.6) is 0 Å². The van der Waals surface area contributed by atoms with E-state index >= 15 is 0 Å². The van der Waals surface area contributed by atoms with Gasteiger partial charge >= 0.3 is 6.18 Å². The van der Waals surface area contributed by atoms with E-state index in [0.29, 0.717) is 10.8 Å². The predicted octanol–water partition coefficient (Wildman–Crippen LogP) is 4.48. The van der Waals surface area contributed by atoms with E-state index in [0.717, 1.165) is 12.1 Å². The Morgan fingerprint density at radius 1 is 0.944 bits per heavy atom. The summed E-state index contributed by atoms with van der Waals surface area (Å²) in [7, 11) is 0. The molecule has 18 heavy (non-hydrogen) atoms. The molecule has 0 radical (unpaired) electrons. The van der Waals surface area contributed by atoms with E-state index in [1.165, 1.54) is 0 Å². The third kappa shape index (κ3) is 1.54. The summed E-state index contributed by atoms with van der Waals surface area (Å²) in [6.07, 6.45) is -4.50. The smallest absolute Gasteiger partial charge is 0.331 e. The monoisotopic (exact) mass is 253 g/mol. The maximum atomic E-state index is 13.2. The number of aromatic amines is 1. The number of aromatic nitrogens is 1. The molecule has 5 heteroatoms. The minimum Gasteiger partial charge on any atom is -0.331 e. The van der Waals surface area contributed by atoms with Gasteiger partial charge in [-0.05, 0) is 11.5 Å². The molecule has 1 N–H and O–H groups in total. The first-order valence-corrected chi connectivity index (χ1v) is 5.24. The zero-order valence-electron chi connectivity index (χ0n) is 8.98. The molecular formula is C13H7F4N. The maximum absolute atomic E-state index is 13.2. The molecule has 3 aromatic rings. The quantitative estimate of drug-likeness (QED) is 0.568. The van der Waals surface area contributed by atoms with Crippen molar-refractivity contribution in [3.63, 3.8) is 0 Å². The average molecular weight is 253 g/mol. The highest BCUT2D eigenvalue weighted by molar-refractivity contribution is 6.07. The first-order chi connectivity index (χ1) is 8.47. The summed E-state index contributed by atoms with van der Waals surface area (Å²) < 4.78 is 52.0. The van der Waals surface area contributed by atoms with Gasteiger partial charge in [0.1, 0.15) is 0 Å². The topological polar surface area (TPSA) is 15.8 Å². The number of hydrogen-bond donors (Lipinski definition) is 1. The zero-order chi connectivity index (χ0) is 12.9. The van der Waals surface area contributed by atoms with Crippen LogP contribution in [0.25, 0.3) is 21.7 Å². The second kappa shape index (κ2) is 3.48. The van der Waals surface area contributed by atoms with Crippen molar-refractivity contribution in [1.82, 2.24) is 4.98 Å². The maximum Gasteiger partial charge on any atom is 0.417 e. The summed E-state index contributed by atoms with van der Waals surface area (Å²) in [6, 6.07) is 8.51. The first kappa shape index (κ1) is 11.1. The molecule has 1 nitrogen and oxygen atoms in total. The normalized spacial score (nSPS) is 12.4. The van der Waals surface area contributed by atoms with Crippen molar-refractivity contribution >= 4 is 21.7 Å². The molecule has 0 aliphatic rings. The van der Waals surface area contributed by atoms with Crippen LogP contribution in [-0.4, -0.2) is 4.98 Å². The van der Waals surface area contributed by atoms with E-state index in [2.05, 4.69) is 4.98 Å². The Labute approximate surface area is 99.0 Å². The van der Waals surface area contributed by atoms with Crippen molar-refractivity contribution < 1.29 is 17.6 Å². The third-order valence-electron chi connectivity index (χ3n) is 2.91. The molecule has 0 aliphatic heterocycles. The van der Waals surface area contributed by atoms with E-state index in [1.807, 2.05) is 0 Å². The molecule has 3 rings (SSSR count). The fourth-order valence-electron chi connectivity index (χ4n) is 2.16. The van der Waals surface area contributed by atoms with E-state index in [9.17, 15) is 17.6 Å². The Bertz CT molecular complexity index is 740. The lowest BCUT2D eigenvalue weighted by Crippen LogP contribution is -2.05. The Morgan fingerprint density at radius 2 is 1.67 bits per heavy atom. The van der Waals surface area contributed by atoms with E-state index < -0.39 is 17.7 Å². The molecule has 0 bridgehead atoms. The van der Waals surface area contributed by atoms with Gasteiger partial charge in [-0.1, -0.05) is 24.3 Å². The van der Waals surface area contributed by atoms with Crippen molar-refractivity contribution in [2.24, 2.45) is 0 Å². The van der Waals surface area contributed by atoms with Crippen LogP contribution < -0.4 is 0 Å². The highest BCUT2D eigenvalue weighted by atomic mass is 19.4. The second-order valence-electron chi connectivity index (χ2n) is 4.05. The van der Waals surface area contributed by atoms with Crippen LogP contribution in [0.1, 0.15) is 5.56 Å². The Hall–Kier alpha value is -2.04. The zero-order valence-corrected chi connectivity index (χ0v) is 8.98. The lowest BCUT2D eigenvalue weighted by Gasteiger charge is -2.10. The van der Waals surface area contributed by atoms with Gasteiger partial charge in [-0.2, -0.15) is 17.6 Å². The number of halogens is 4. The molecule has 0 aliphatic carbocycles. The number of H-pyrrole nitrogens is 1. The van der Waals surface area contributed by atoms with Crippen LogP contribution in [0.4, 0.5) is 17.6 Å². The molecule has 2 aromatic carbocycles. The van der Waals surface area contributed by atoms with Gasteiger partial charge in [0.25, 0.3) is 0 Å². The van der Waals surface area contributed by atoms with E-state index in [4.69, 9.17) is 0 Å². The second-order valence-corrected chi connectivity index (χ2v) is 4.05. The number of fused-ring (bicyclic) bond motifs is 3. The van der Waals surface area contributed by atoms with Crippen LogP contribution in [0.3, 0.4) is 0 Å². The molecule has 0 saturated carbocycles. The van der Waals surface area contributed by atoms with Gasteiger partial charge in [0, 0.05) is 16.8 Å². The summed E-state index contributed by atoms with van der Waals surface area (Å²) in [5.74, 6) is -0.771. The largest absolute Gasteiger partial charge is 0.417 e. The van der Waals surface area contributed by atoms with Crippen LogP contribution in [-0.2, 0) is 6.18 Å². The molecular weight excluding hydrogens is 246 g/mol. The molecule has 0 atom stereocenters. The Kier molecular flexibility index (Phi) is 2.14. The molecule has 0 unspecified atom stereocenters. The highest BCUT2D eigenvalue weighted by Crippen LogP contribution is 2.38. The highest BCUT2D eigenvalue weighted by Gasteiger charge is 2.33. The summed E-state index contributed by atoms with van der Waals surface area (Å²) in [5, 5.41) is 0.863. The van der Waals surface area contributed by atoms with Gasteiger partial charge in [-0.3, -0.25) is 0 Å². The number of alkyl halides is 3. The molecule has 0 fully saturated rings. The standard InChI is InChI=1S/C13H7F4N/c14-11-6-9-10(13(15,16)17)5-7-3-1-2-4-8(7)12(9)18-11/h1-6,18H. The van der Waals surface area contributed by atoms with Crippen molar-refractivity contribution in [1.29, 1.82) is 0 Å². The van der Waals surface area contributed by atoms with Gasteiger partial charge in [-0.15, -0.1) is 0 Å². The number of hydrogen-bond acceptors (Lipinski definition) is 0.